The monoisotopic (exact) mass is 235 g/mol. The van der Waals surface area contributed by atoms with Gasteiger partial charge < -0.3 is 9.94 Å². The molecule has 86 valence electrons. The lowest BCUT2D eigenvalue weighted by Crippen LogP contribution is -2.29. The molecule has 1 aromatic carbocycles. The summed E-state index contributed by atoms with van der Waals surface area (Å²) in [5.74, 6) is -2.88. The van der Waals surface area contributed by atoms with Crippen LogP contribution in [0.3, 0.4) is 0 Å². The van der Waals surface area contributed by atoms with Crippen LogP contribution in [0, 0.1) is 0 Å². The number of fused-ring (bicyclic) bond motifs is 1. The molecule has 0 fully saturated rings. The number of benzene rings is 1. The van der Waals surface area contributed by atoms with Gasteiger partial charge in [0, 0.05) is 0 Å². The quantitative estimate of drug-likeness (QED) is 0.587. The second kappa shape index (κ2) is 3.71. The van der Waals surface area contributed by atoms with E-state index in [1.807, 2.05) is 0 Å². The number of carbonyl (C=O) groups excluding carboxylic acids is 3. The minimum atomic E-state index is -1.22. The van der Waals surface area contributed by atoms with Crippen molar-refractivity contribution in [3.63, 3.8) is 0 Å². The zero-order valence-corrected chi connectivity index (χ0v) is 8.25. The summed E-state index contributed by atoms with van der Waals surface area (Å²) in [5, 5.41) is 9.02. The normalized spacial score (nSPS) is 13.5. The maximum atomic E-state index is 11.6. The first kappa shape index (κ1) is 10.8. The van der Waals surface area contributed by atoms with Crippen LogP contribution >= 0.6 is 0 Å². The molecule has 1 aliphatic heterocycles. The van der Waals surface area contributed by atoms with Gasteiger partial charge in [-0.05, 0) is 18.2 Å². The summed E-state index contributed by atoms with van der Waals surface area (Å²) in [7, 11) is 0. The highest BCUT2D eigenvalue weighted by molar-refractivity contribution is 6.21. The standard InChI is InChI=1S/C10H5NO6/c12-4-17-11-8(13)6-2-1-5(10(15)16)3-7(6)9(11)14/h1-4H,(H,15,16). The Labute approximate surface area is 94.2 Å². The number of amides is 2. The van der Waals surface area contributed by atoms with E-state index in [4.69, 9.17) is 5.11 Å². The van der Waals surface area contributed by atoms with Crippen LogP contribution in [0.2, 0.25) is 0 Å². The summed E-state index contributed by atoms with van der Waals surface area (Å²) in [6.45, 7) is -0.0558. The minimum absolute atomic E-state index is 0.00171. The van der Waals surface area contributed by atoms with Crippen LogP contribution in [0.5, 0.6) is 0 Å². The van der Waals surface area contributed by atoms with E-state index < -0.39 is 17.8 Å². The maximum Gasteiger partial charge on any atom is 0.335 e. The topological polar surface area (TPSA) is 101 Å². The van der Waals surface area contributed by atoms with Gasteiger partial charge in [0.2, 0.25) is 0 Å². The molecule has 7 nitrogen and oxygen atoms in total. The molecular formula is C10H5NO6. The van der Waals surface area contributed by atoms with Crippen molar-refractivity contribution in [3.8, 4) is 0 Å². The van der Waals surface area contributed by atoms with Crippen LogP contribution in [0.25, 0.3) is 0 Å². The lowest BCUT2D eigenvalue weighted by Gasteiger charge is -2.07. The zero-order valence-electron chi connectivity index (χ0n) is 8.25. The van der Waals surface area contributed by atoms with Gasteiger partial charge in [0.05, 0.1) is 16.7 Å². The van der Waals surface area contributed by atoms with E-state index in [1.165, 1.54) is 12.1 Å². The Bertz CT molecular complexity index is 550. The molecule has 2 amide bonds. The Hall–Kier alpha value is -2.70. The minimum Gasteiger partial charge on any atom is -0.478 e. The summed E-state index contributed by atoms with van der Waals surface area (Å²) in [6.07, 6.45) is 0. The van der Waals surface area contributed by atoms with Gasteiger partial charge in [-0.3, -0.25) is 14.4 Å². The van der Waals surface area contributed by atoms with Crippen molar-refractivity contribution in [3.05, 3.63) is 34.9 Å². The van der Waals surface area contributed by atoms with Gasteiger partial charge in [0.25, 0.3) is 11.8 Å². The first-order chi connectivity index (χ1) is 8.06. The molecule has 17 heavy (non-hydrogen) atoms. The fourth-order valence-electron chi connectivity index (χ4n) is 1.49. The van der Waals surface area contributed by atoms with Crippen LogP contribution in [0.4, 0.5) is 0 Å². The first-order valence-electron chi connectivity index (χ1n) is 4.43. The number of hydrogen-bond acceptors (Lipinski definition) is 5. The number of carbonyl (C=O) groups is 4. The van der Waals surface area contributed by atoms with Crippen molar-refractivity contribution in [2.24, 2.45) is 0 Å². The van der Waals surface area contributed by atoms with Crippen LogP contribution in [-0.4, -0.2) is 34.4 Å². The average Bonchev–Trinajstić information content (AvgIpc) is 2.54. The Morgan fingerprint density at radius 2 is 1.88 bits per heavy atom. The molecule has 0 radical (unpaired) electrons. The van der Waals surface area contributed by atoms with Crippen LogP contribution in [0.15, 0.2) is 18.2 Å². The SMILES string of the molecule is O=CON1C(=O)c2ccc(C(=O)O)cc2C1=O. The highest BCUT2D eigenvalue weighted by atomic mass is 16.7. The van der Waals surface area contributed by atoms with E-state index in [2.05, 4.69) is 4.84 Å². The van der Waals surface area contributed by atoms with E-state index in [1.54, 1.807) is 0 Å². The van der Waals surface area contributed by atoms with Crippen LogP contribution in [-0.2, 0) is 9.63 Å². The molecule has 0 aromatic heterocycles. The first-order valence-corrected chi connectivity index (χ1v) is 4.43. The van der Waals surface area contributed by atoms with E-state index in [9.17, 15) is 19.2 Å². The number of hydrogen-bond donors (Lipinski definition) is 1. The molecule has 0 spiro atoms. The molecule has 0 atom stereocenters. The number of nitrogens with zero attached hydrogens (tertiary/aromatic N) is 1. The lowest BCUT2D eigenvalue weighted by molar-refractivity contribution is -0.151. The van der Waals surface area contributed by atoms with Crippen molar-refractivity contribution in [1.29, 1.82) is 0 Å². The second-order valence-electron chi connectivity index (χ2n) is 3.17. The highest BCUT2D eigenvalue weighted by Gasteiger charge is 2.38. The molecule has 1 aromatic rings. The number of imide groups is 1. The van der Waals surface area contributed by atoms with E-state index in [0.29, 0.717) is 0 Å². The van der Waals surface area contributed by atoms with Gasteiger partial charge in [-0.1, -0.05) is 5.06 Å². The predicted molar refractivity (Wildman–Crippen MR) is 51.1 cm³/mol. The van der Waals surface area contributed by atoms with Gasteiger partial charge in [0.1, 0.15) is 0 Å². The molecule has 1 heterocycles. The van der Waals surface area contributed by atoms with Gasteiger partial charge in [-0.15, -0.1) is 0 Å². The van der Waals surface area contributed by atoms with Crippen molar-refractivity contribution in [2.45, 2.75) is 0 Å². The fraction of sp³-hybridized carbons (Fsp3) is 0. The Morgan fingerprint density at radius 3 is 2.47 bits per heavy atom. The van der Waals surface area contributed by atoms with E-state index in [-0.39, 0.29) is 28.2 Å². The Kier molecular flexibility index (Phi) is 2.36. The zero-order chi connectivity index (χ0) is 12.6. The molecule has 1 N–H and O–H groups in total. The molecule has 0 bridgehead atoms. The Morgan fingerprint density at radius 1 is 1.24 bits per heavy atom. The van der Waals surface area contributed by atoms with Gasteiger partial charge in [0.15, 0.2) is 0 Å². The summed E-state index contributed by atoms with van der Waals surface area (Å²) < 4.78 is 0. The van der Waals surface area contributed by atoms with Crippen molar-refractivity contribution in [2.75, 3.05) is 0 Å². The molecule has 0 aliphatic carbocycles. The van der Waals surface area contributed by atoms with Crippen LogP contribution < -0.4 is 0 Å². The predicted octanol–water partition coefficient (Wildman–Crippen LogP) is 0.0688. The maximum absolute atomic E-state index is 11.6. The van der Waals surface area contributed by atoms with Crippen molar-refractivity contribution in [1.82, 2.24) is 5.06 Å². The van der Waals surface area contributed by atoms with E-state index >= 15 is 0 Å². The summed E-state index contributed by atoms with van der Waals surface area (Å²) in [4.78, 5) is 48.2. The third-order valence-corrected chi connectivity index (χ3v) is 2.24. The third-order valence-electron chi connectivity index (χ3n) is 2.24. The van der Waals surface area contributed by atoms with Gasteiger partial charge in [-0.2, -0.15) is 0 Å². The molecular weight excluding hydrogens is 230 g/mol. The number of carboxylic acid groups (broad SMARTS) is 1. The summed E-state index contributed by atoms with van der Waals surface area (Å²) in [6, 6.07) is 3.45. The summed E-state index contributed by atoms with van der Waals surface area (Å²) >= 11 is 0. The molecule has 0 saturated carbocycles. The van der Waals surface area contributed by atoms with Gasteiger partial charge in [-0.25, -0.2) is 4.79 Å². The molecule has 2 rings (SSSR count). The molecule has 0 unspecified atom stereocenters. The van der Waals surface area contributed by atoms with E-state index in [0.717, 1.165) is 6.07 Å². The highest BCUT2D eigenvalue weighted by Crippen LogP contribution is 2.23. The van der Waals surface area contributed by atoms with Crippen molar-refractivity contribution >= 4 is 24.3 Å². The number of carboxylic acids is 1. The summed E-state index contributed by atoms with van der Waals surface area (Å²) in [5.41, 5.74) is -0.226. The molecule has 7 heteroatoms. The second-order valence-corrected chi connectivity index (χ2v) is 3.17. The average molecular weight is 235 g/mol. The van der Waals surface area contributed by atoms with Crippen LogP contribution in [0.1, 0.15) is 31.1 Å². The number of rotatable bonds is 3. The largest absolute Gasteiger partial charge is 0.478 e. The molecule has 1 aliphatic rings. The third kappa shape index (κ3) is 1.53. The molecule has 0 saturated heterocycles. The Balaban J connectivity index is 2.50. The number of aromatic carboxylic acids is 1. The smallest absolute Gasteiger partial charge is 0.335 e. The van der Waals surface area contributed by atoms with Gasteiger partial charge >= 0.3 is 12.4 Å². The van der Waals surface area contributed by atoms with Crippen molar-refractivity contribution < 1.29 is 29.1 Å². The number of hydroxylamine groups is 2. The lowest BCUT2D eigenvalue weighted by atomic mass is 10.1. The fourth-order valence-corrected chi connectivity index (χ4v) is 1.49.